The van der Waals surface area contributed by atoms with Crippen molar-refractivity contribution in [3.63, 3.8) is 0 Å². The minimum atomic E-state index is -2.97. The summed E-state index contributed by atoms with van der Waals surface area (Å²) in [5, 5.41) is 21.1. The minimum Gasteiger partial charge on any atom is -0.309 e. The van der Waals surface area contributed by atoms with Gasteiger partial charge in [-0.15, -0.1) is 0 Å². The zero-order chi connectivity index (χ0) is 59.2. The molecule has 16 rings (SSSR count). The van der Waals surface area contributed by atoms with Gasteiger partial charge in [-0.2, -0.15) is 0 Å². The van der Waals surface area contributed by atoms with E-state index in [2.05, 4.69) is 385 Å². The normalized spacial score (nSPS) is 12.0. The van der Waals surface area contributed by atoms with E-state index < -0.39 is 24.2 Å². The largest absolute Gasteiger partial charge is 0.309 e. The van der Waals surface area contributed by atoms with E-state index in [1.165, 1.54) is 100 Å². The molecule has 0 fully saturated rings. The highest BCUT2D eigenvalue weighted by Crippen LogP contribution is 2.37. The summed E-state index contributed by atoms with van der Waals surface area (Å²) in [5.41, 5.74) is 6.92. The first-order valence-corrected chi connectivity index (χ1v) is 36.9. The van der Waals surface area contributed by atoms with E-state index in [1.54, 1.807) is 0 Å². The second kappa shape index (κ2) is 22.6. The van der Waals surface area contributed by atoms with Crippen molar-refractivity contribution < 1.29 is 0 Å². The molecule has 0 aliphatic heterocycles. The Kier molecular flexibility index (Phi) is 13.6. The predicted molar refractivity (Wildman–Crippen MR) is 386 cm³/mol. The van der Waals surface area contributed by atoms with Crippen molar-refractivity contribution in [2.24, 2.45) is 0 Å². The predicted octanol–water partition coefficient (Wildman–Crippen LogP) is 12.0. The molecule has 5 heteroatoms. The molecular formula is C84H62N2Si3. The number of nitrogens with zero attached hydrogens (tertiary/aromatic N) is 2. The second-order valence-electron chi connectivity index (χ2n) is 23.4. The summed E-state index contributed by atoms with van der Waals surface area (Å²) < 4.78 is 5.04. The quantitative estimate of drug-likeness (QED) is 0.0759. The van der Waals surface area contributed by atoms with Crippen LogP contribution in [0.5, 0.6) is 0 Å². The van der Waals surface area contributed by atoms with E-state index in [0.717, 1.165) is 16.9 Å². The molecular weight excluding hydrogens is 1120 g/mol. The molecule has 2 nitrogen and oxygen atoms in total. The van der Waals surface area contributed by atoms with Crippen LogP contribution in [0.3, 0.4) is 0 Å². The molecule has 89 heavy (non-hydrogen) atoms. The Morgan fingerprint density at radius 1 is 0.146 bits per heavy atom. The molecule has 14 aromatic carbocycles. The Hall–Kier alpha value is -10.7. The molecule has 0 bridgehead atoms. The molecule has 0 unspecified atom stereocenters. The molecule has 16 aromatic rings. The van der Waals surface area contributed by atoms with Gasteiger partial charge in [-0.05, 0) is 111 Å². The van der Waals surface area contributed by atoms with E-state index in [9.17, 15) is 0 Å². The van der Waals surface area contributed by atoms with Gasteiger partial charge in [0, 0.05) is 32.9 Å². The van der Waals surface area contributed by atoms with Crippen molar-refractivity contribution in [3.05, 3.63) is 376 Å². The van der Waals surface area contributed by atoms with Crippen LogP contribution < -0.4 is 62.2 Å². The highest BCUT2D eigenvalue weighted by Gasteiger charge is 2.45. The fourth-order valence-corrected chi connectivity index (χ4v) is 29.5. The average Bonchev–Trinajstić information content (AvgIpc) is 1.71. The van der Waals surface area contributed by atoms with Gasteiger partial charge in [0.1, 0.15) is 0 Å². The van der Waals surface area contributed by atoms with E-state index in [4.69, 9.17) is 0 Å². The van der Waals surface area contributed by atoms with Gasteiger partial charge in [0.2, 0.25) is 0 Å². The van der Waals surface area contributed by atoms with Crippen LogP contribution in [0.25, 0.3) is 55.0 Å². The summed E-state index contributed by atoms with van der Waals surface area (Å²) in [6, 6.07) is 143. The van der Waals surface area contributed by atoms with E-state index in [-0.39, 0.29) is 0 Å². The summed E-state index contributed by atoms with van der Waals surface area (Å²) in [7, 11) is -8.86. The third kappa shape index (κ3) is 8.64. The Morgan fingerprint density at radius 3 is 0.573 bits per heavy atom. The molecule has 0 aliphatic rings. The zero-order valence-electron chi connectivity index (χ0n) is 49.2. The first-order chi connectivity index (χ1) is 44.2. The summed E-state index contributed by atoms with van der Waals surface area (Å²) in [4.78, 5) is 0. The first kappa shape index (κ1) is 53.8. The Morgan fingerprint density at radius 2 is 0.337 bits per heavy atom. The molecule has 0 atom stereocenters. The number of benzene rings is 14. The van der Waals surface area contributed by atoms with Gasteiger partial charge in [0.05, 0.1) is 22.1 Å². The van der Waals surface area contributed by atoms with Gasteiger partial charge in [-0.1, -0.05) is 328 Å². The summed E-state index contributed by atoms with van der Waals surface area (Å²) >= 11 is 0. The second-order valence-corrected chi connectivity index (χ2v) is 34.9. The lowest BCUT2D eigenvalue weighted by Crippen LogP contribution is -2.74. The molecule has 0 saturated carbocycles. The molecule has 0 spiro atoms. The topological polar surface area (TPSA) is 9.86 Å². The number of hydrogen-bond donors (Lipinski definition) is 0. The summed E-state index contributed by atoms with van der Waals surface area (Å²) in [6.45, 7) is 0. The fourth-order valence-electron chi connectivity index (χ4n) is 15.2. The van der Waals surface area contributed by atoms with Crippen LogP contribution in [0.1, 0.15) is 0 Å². The van der Waals surface area contributed by atoms with Gasteiger partial charge < -0.3 is 9.13 Å². The lowest BCUT2D eigenvalue weighted by atomic mass is 10.1. The van der Waals surface area contributed by atoms with Crippen LogP contribution in [0.4, 0.5) is 0 Å². The molecule has 2 heterocycles. The Labute approximate surface area is 523 Å². The number of hydrogen-bond acceptors (Lipinski definition) is 0. The standard InChI is InChI=1S/C84H62N2Si3/c1-11-31-63(32-12-1)85-81-55-51-64(59-77(81)78-60-74(52-56-82(78)85)87(65-33-13-2-14-34-65,66-35-15-3-16-36-66)67-37-17-4-18-38-67)86-83-57-53-75(88(68-39-19-5-20-40-68,69-41-21-6-22-42-69)70-43-23-7-24-44-70)61-79(83)80-62-76(54-58-84(80)86)89(71-45-25-8-26-46-71,72-47-27-9-28-48-72)73-49-29-10-30-50-73/h1-62H. The number of rotatable bonds is 14. The minimum absolute atomic E-state index is 1.11. The molecule has 0 aliphatic carbocycles. The third-order valence-electron chi connectivity index (χ3n) is 18.9. The maximum absolute atomic E-state index is 2.97. The maximum Gasteiger partial charge on any atom is 0.179 e. The van der Waals surface area contributed by atoms with E-state index in [1.807, 2.05) is 0 Å². The lowest BCUT2D eigenvalue weighted by Gasteiger charge is -2.34. The van der Waals surface area contributed by atoms with Crippen LogP contribution in [-0.4, -0.2) is 33.4 Å². The number of aromatic nitrogens is 2. The molecule has 420 valence electrons. The van der Waals surface area contributed by atoms with Crippen LogP contribution in [-0.2, 0) is 0 Å². The van der Waals surface area contributed by atoms with Crippen molar-refractivity contribution in [2.75, 3.05) is 0 Å². The van der Waals surface area contributed by atoms with E-state index >= 15 is 0 Å². The smallest absolute Gasteiger partial charge is 0.179 e. The summed E-state index contributed by atoms with van der Waals surface area (Å²) in [6.07, 6.45) is 0. The third-order valence-corrected chi connectivity index (χ3v) is 33.3. The van der Waals surface area contributed by atoms with Crippen LogP contribution in [0.2, 0.25) is 0 Å². The van der Waals surface area contributed by atoms with Gasteiger partial charge in [0.15, 0.2) is 24.2 Å². The average molecular weight is 1180 g/mol. The van der Waals surface area contributed by atoms with Crippen molar-refractivity contribution in [2.45, 2.75) is 0 Å². The molecule has 0 amide bonds. The first-order valence-electron chi connectivity index (χ1n) is 30.9. The van der Waals surface area contributed by atoms with Gasteiger partial charge >= 0.3 is 0 Å². The number of para-hydroxylation sites is 1. The van der Waals surface area contributed by atoms with E-state index in [0.29, 0.717) is 0 Å². The van der Waals surface area contributed by atoms with Crippen LogP contribution in [0.15, 0.2) is 376 Å². The Bertz CT molecular complexity index is 4670. The van der Waals surface area contributed by atoms with Crippen molar-refractivity contribution in [3.8, 4) is 11.4 Å². The molecule has 0 N–H and O–H groups in total. The van der Waals surface area contributed by atoms with Crippen LogP contribution >= 0.6 is 0 Å². The van der Waals surface area contributed by atoms with Crippen LogP contribution in [0, 0.1) is 0 Å². The lowest BCUT2D eigenvalue weighted by molar-refractivity contribution is 1.17. The van der Waals surface area contributed by atoms with Crippen molar-refractivity contribution in [1.82, 2.24) is 9.13 Å². The highest BCUT2D eigenvalue weighted by atomic mass is 28.3. The van der Waals surface area contributed by atoms with Gasteiger partial charge in [-0.25, -0.2) is 0 Å². The van der Waals surface area contributed by atoms with Crippen molar-refractivity contribution >= 4 is 130 Å². The van der Waals surface area contributed by atoms with Gasteiger partial charge in [0.25, 0.3) is 0 Å². The molecule has 2 aromatic heterocycles. The summed E-state index contributed by atoms with van der Waals surface area (Å²) in [5.74, 6) is 0. The molecule has 0 radical (unpaired) electrons. The van der Waals surface area contributed by atoms with Crippen molar-refractivity contribution in [1.29, 1.82) is 0 Å². The zero-order valence-corrected chi connectivity index (χ0v) is 52.2. The number of fused-ring (bicyclic) bond motifs is 6. The molecule has 0 saturated heterocycles. The highest BCUT2D eigenvalue weighted by molar-refractivity contribution is 7.21. The monoisotopic (exact) mass is 1180 g/mol. The Balaban J connectivity index is 1.02. The SMILES string of the molecule is c1ccc(-n2c3ccc(-n4c5ccc([Si](c6ccccc6)(c6ccccc6)c6ccccc6)cc5c5cc([Si](c6ccccc6)(c6ccccc6)c6ccccc6)ccc54)cc3c3cc([Si](c4ccccc4)(c4ccccc4)c4ccccc4)ccc32)cc1. The maximum atomic E-state index is 2.60. The fraction of sp³-hybridized carbons (Fsp3) is 0. The van der Waals surface area contributed by atoms with Gasteiger partial charge in [-0.3, -0.25) is 0 Å².